The van der Waals surface area contributed by atoms with Gasteiger partial charge < -0.3 is 15.0 Å². The summed E-state index contributed by atoms with van der Waals surface area (Å²) in [5, 5.41) is 4.52. The zero-order valence-corrected chi connectivity index (χ0v) is 18.9. The molecule has 0 radical (unpaired) electrons. The summed E-state index contributed by atoms with van der Waals surface area (Å²) in [5.74, 6) is -0.0183. The fourth-order valence-electron chi connectivity index (χ4n) is 4.09. The number of amides is 1. The molecule has 1 amide bonds. The van der Waals surface area contributed by atoms with E-state index in [0.717, 1.165) is 17.5 Å². The summed E-state index contributed by atoms with van der Waals surface area (Å²) in [6.07, 6.45) is 2.06. The summed E-state index contributed by atoms with van der Waals surface area (Å²) in [4.78, 5) is 15.5. The first-order chi connectivity index (χ1) is 14.5. The highest BCUT2D eigenvalue weighted by molar-refractivity contribution is 6.30. The van der Waals surface area contributed by atoms with Gasteiger partial charge in [-0.1, -0.05) is 60.5 Å². The van der Waals surface area contributed by atoms with Gasteiger partial charge in [0.15, 0.2) is 0 Å². The number of benzene rings is 2. The third-order valence-electron chi connectivity index (χ3n) is 5.50. The molecule has 0 aliphatic carbocycles. The minimum atomic E-state index is -0.582. The number of rotatable bonds is 8. The molecule has 4 atom stereocenters. The van der Waals surface area contributed by atoms with Crippen LogP contribution < -0.4 is 5.32 Å². The van der Waals surface area contributed by atoms with Gasteiger partial charge in [-0.15, -0.1) is 6.58 Å². The van der Waals surface area contributed by atoms with E-state index in [0.29, 0.717) is 23.0 Å². The molecule has 3 rings (SSSR count). The van der Waals surface area contributed by atoms with E-state index in [9.17, 15) is 4.79 Å². The summed E-state index contributed by atoms with van der Waals surface area (Å²) < 4.78 is 6.41. The van der Waals surface area contributed by atoms with E-state index >= 15 is 0 Å². The molecule has 2 aromatic carbocycles. The molecule has 1 aliphatic rings. The van der Waals surface area contributed by atoms with Gasteiger partial charge in [-0.25, -0.2) is 0 Å². The van der Waals surface area contributed by atoms with Gasteiger partial charge in [-0.3, -0.25) is 4.79 Å². The van der Waals surface area contributed by atoms with Crippen molar-refractivity contribution >= 4 is 29.1 Å². The third-order valence-corrected chi connectivity index (χ3v) is 5.99. The smallest absolute Gasteiger partial charge is 0.252 e. The zero-order chi connectivity index (χ0) is 21.7. The second-order valence-corrected chi connectivity index (χ2v) is 8.36. The van der Waals surface area contributed by atoms with Gasteiger partial charge in [0.25, 0.3) is 5.91 Å². The normalized spacial score (nSPS) is 22.7. The Labute approximate surface area is 188 Å². The Kier molecular flexibility index (Phi) is 7.95. The average molecular weight is 447 g/mol. The fraction of sp³-hybridized carbons (Fsp3) is 0.375. The maximum absolute atomic E-state index is 13.6. The van der Waals surface area contributed by atoms with Crippen LogP contribution in [0.25, 0.3) is 0 Å². The summed E-state index contributed by atoms with van der Waals surface area (Å²) in [6.45, 7) is 6.60. The number of morpholine rings is 1. The van der Waals surface area contributed by atoms with Crippen molar-refractivity contribution in [3.05, 3.63) is 82.4 Å². The van der Waals surface area contributed by atoms with Crippen LogP contribution in [0.3, 0.4) is 0 Å². The topological polar surface area (TPSA) is 41.6 Å². The lowest BCUT2D eigenvalue weighted by Gasteiger charge is -2.48. The molecule has 4 nitrogen and oxygen atoms in total. The molecule has 0 bridgehead atoms. The highest BCUT2D eigenvalue weighted by atomic mass is 35.5. The Hall–Kier alpha value is -1.85. The van der Waals surface area contributed by atoms with E-state index < -0.39 is 6.10 Å². The number of halogens is 2. The molecule has 0 unspecified atom stereocenters. The van der Waals surface area contributed by atoms with Gasteiger partial charge in [-0.05, 0) is 48.9 Å². The Bertz CT molecular complexity index is 872. The van der Waals surface area contributed by atoms with Crippen LogP contribution in [0.4, 0.5) is 0 Å². The fourth-order valence-corrected chi connectivity index (χ4v) is 4.41. The minimum absolute atomic E-state index is 0.0149. The number of likely N-dealkylation sites (N-methyl/N-ethyl adjacent to an activating group) is 1. The van der Waals surface area contributed by atoms with E-state index in [2.05, 4.69) is 18.8 Å². The summed E-state index contributed by atoms with van der Waals surface area (Å²) in [6, 6.07) is 15.0. The molecule has 1 heterocycles. The van der Waals surface area contributed by atoms with E-state index in [1.54, 1.807) is 6.08 Å². The lowest BCUT2D eigenvalue weighted by Crippen LogP contribution is -2.56. The Morgan fingerprint density at radius 3 is 2.50 bits per heavy atom. The molecule has 0 aromatic heterocycles. The van der Waals surface area contributed by atoms with Gasteiger partial charge in [0.1, 0.15) is 12.2 Å². The van der Waals surface area contributed by atoms with Crippen molar-refractivity contribution in [1.82, 2.24) is 10.2 Å². The van der Waals surface area contributed by atoms with E-state index in [1.165, 1.54) is 0 Å². The van der Waals surface area contributed by atoms with Gasteiger partial charge in [0.2, 0.25) is 0 Å². The van der Waals surface area contributed by atoms with Crippen molar-refractivity contribution in [1.29, 1.82) is 0 Å². The van der Waals surface area contributed by atoms with E-state index in [-0.39, 0.29) is 24.1 Å². The number of carbonyl (C=O) groups is 1. The van der Waals surface area contributed by atoms with Crippen LogP contribution in [-0.2, 0) is 9.53 Å². The van der Waals surface area contributed by atoms with E-state index in [4.69, 9.17) is 27.9 Å². The number of carbonyl (C=O) groups excluding carboxylic acids is 1. The molecule has 1 saturated heterocycles. The molecule has 6 heteroatoms. The zero-order valence-electron chi connectivity index (χ0n) is 17.4. The van der Waals surface area contributed by atoms with Gasteiger partial charge >= 0.3 is 0 Å². The second kappa shape index (κ2) is 10.5. The van der Waals surface area contributed by atoms with Gasteiger partial charge in [0, 0.05) is 29.1 Å². The van der Waals surface area contributed by atoms with Crippen molar-refractivity contribution in [3.63, 3.8) is 0 Å². The average Bonchev–Trinajstić information content (AvgIpc) is 2.74. The molecule has 0 saturated carbocycles. The molecular weight excluding hydrogens is 419 g/mol. The number of ether oxygens (including phenoxy) is 1. The van der Waals surface area contributed by atoms with Gasteiger partial charge in [-0.2, -0.15) is 0 Å². The standard InChI is InChI=1S/C24H28Cl2N2O2/c1-4-7-21-24(29)28(20(5-2)15-27-3)22(16-10-12-18(25)13-11-16)23(30-21)17-8-6-9-19(26)14-17/h4,6,8-14,20-23,27H,1,5,7,15H2,2-3H3/t20-,21+,22+,23+/m0/s1. The Balaban J connectivity index is 2.16. The first-order valence-electron chi connectivity index (χ1n) is 10.2. The maximum atomic E-state index is 13.6. The van der Waals surface area contributed by atoms with Crippen LogP contribution in [0.15, 0.2) is 61.2 Å². The predicted octanol–water partition coefficient (Wildman–Crippen LogP) is 5.58. The van der Waals surface area contributed by atoms with Crippen LogP contribution >= 0.6 is 23.2 Å². The third kappa shape index (κ3) is 4.89. The SMILES string of the molecule is C=CC[C@H]1O[C@H](c2cccc(Cl)c2)[C@@H](c2ccc(Cl)cc2)N([C@@H](CC)CNC)C1=O. The summed E-state index contributed by atoms with van der Waals surface area (Å²) in [7, 11) is 1.90. The Morgan fingerprint density at radius 1 is 1.17 bits per heavy atom. The summed E-state index contributed by atoms with van der Waals surface area (Å²) >= 11 is 12.4. The molecular formula is C24H28Cl2N2O2. The summed E-state index contributed by atoms with van der Waals surface area (Å²) in [5.41, 5.74) is 1.91. The number of hydrogen-bond acceptors (Lipinski definition) is 3. The highest BCUT2D eigenvalue weighted by Gasteiger charge is 2.45. The van der Waals surface area contributed by atoms with Crippen molar-refractivity contribution in [3.8, 4) is 0 Å². The molecule has 160 valence electrons. The van der Waals surface area contributed by atoms with Crippen LogP contribution in [0.1, 0.15) is 43.0 Å². The predicted molar refractivity (Wildman–Crippen MR) is 123 cm³/mol. The first kappa shape index (κ1) is 22.8. The monoisotopic (exact) mass is 446 g/mol. The maximum Gasteiger partial charge on any atom is 0.252 e. The van der Waals surface area contributed by atoms with Crippen molar-refractivity contribution < 1.29 is 9.53 Å². The molecule has 2 aromatic rings. The molecule has 0 spiro atoms. The lowest BCUT2D eigenvalue weighted by molar-refractivity contribution is -0.178. The van der Waals surface area contributed by atoms with Crippen molar-refractivity contribution in [2.75, 3.05) is 13.6 Å². The van der Waals surface area contributed by atoms with Crippen LogP contribution in [0, 0.1) is 0 Å². The number of nitrogens with one attached hydrogen (secondary N) is 1. The number of hydrogen-bond donors (Lipinski definition) is 1. The first-order valence-corrected chi connectivity index (χ1v) is 11.0. The van der Waals surface area contributed by atoms with Crippen molar-refractivity contribution in [2.24, 2.45) is 0 Å². The molecule has 1 fully saturated rings. The van der Waals surface area contributed by atoms with Crippen LogP contribution in [0.5, 0.6) is 0 Å². The van der Waals surface area contributed by atoms with Crippen molar-refractivity contribution in [2.45, 2.75) is 44.1 Å². The molecule has 1 aliphatic heterocycles. The second-order valence-electron chi connectivity index (χ2n) is 7.49. The number of nitrogens with zero attached hydrogens (tertiary/aromatic N) is 1. The minimum Gasteiger partial charge on any atom is -0.358 e. The Morgan fingerprint density at radius 2 is 1.90 bits per heavy atom. The highest BCUT2D eigenvalue weighted by Crippen LogP contribution is 2.44. The molecule has 30 heavy (non-hydrogen) atoms. The van der Waals surface area contributed by atoms with Gasteiger partial charge in [0.05, 0.1) is 6.04 Å². The van der Waals surface area contributed by atoms with E-state index in [1.807, 2.05) is 60.5 Å². The molecule has 1 N–H and O–H groups in total. The largest absolute Gasteiger partial charge is 0.358 e. The lowest BCUT2D eigenvalue weighted by atomic mass is 9.89. The quantitative estimate of drug-likeness (QED) is 0.538. The van der Waals surface area contributed by atoms with Crippen LogP contribution in [-0.4, -0.2) is 36.5 Å². The van der Waals surface area contributed by atoms with Crippen LogP contribution in [0.2, 0.25) is 10.0 Å².